The summed E-state index contributed by atoms with van der Waals surface area (Å²) < 4.78 is 0. The summed E-state index contributed by atoms with van der Waals surface area (Å²) in [6.07, 6.45) is -0.0649. The van der Waals surface area contributed by atoms with Gasteiger partial charge in [0.15, 0.2) is 0 Å². The lowest BCUT2D eigenvalue weighted by atomic mass is 9.90. The Hall–Kier alpha value is -1.57. The van der Waals surface area contributed by atoms with Crippen LogP contribution in [0.25, 0.3) is 0 Å². The predicted molar refractivity (Wildman–Crippen MR) is 101 cm³/mol. The summed E-state index contributed by atoms with van der Waals surface area (Å²) in [5.41, 5.74) is 3.63. The number of aliphatic hydroxyl groups is 1. The van der Waals surface area contributed by atoms with Crippen LogP contribution < -0.4 is 0 Å². The van der Waals surface area contributed by atoms with Crippen LogP contribution in [-0.4, -0.2) is 43.2 Å². The van der Waals surface area contributed by atoms with E-state index in [2.05, 4.69) is 31.1 Å². The summed E-state index contributed by atoms with van der Waals surface area (Å²) in [7, 11) is -1.54. The topological polar surface area (TPSA) is 40.5 Å². The van der Waals surface area contributed by atoms with Crippen molar-refractivity contribution in [3.05, 3.63) is 35.9 Å². The molecule has 1 N–H and O–H groups in total. The number of nitrogens with zero attached hydrogens (tertiary/aromatic N) is 1. The molecule has 0 radical (unpaired) electrons. The van der Waals surface area contributed by atoms with Crippen LogP contribution >= 0.6 is 0 Å². The average molecular weight is 344 g/mol. The Morgan fingerprint density at radius 1 is 1.29 bits per heavy atom. The Balaban J connectivity index is 2.35. The van der Waals surface area contributed by atoms with E-state index in [1.807, 2.05) is 49.1 Å². The Morgan fingerprint density at radius 3 is 2.38 bits per heavy atom. The molecule has 0 aliphatic heterocycles. The first kappa shape index (κ1) is 18.8. The van der Waals surface area contributed by atoms with Crippen molar-refractivity contribution in [2.24, 2.45) is 5.92 Å². The molecule has 1 fully saturated rings. The summed E-state index contributed by atoms with van der Waals surface area (Å²) in [5.74, 6) is 3.04. The number of benzene rings is 1. The van der Waals surface area contributed by atoms with E-state index >= 15 is 0 Å². The molecule has 0 heterocycles. The number of carbonyl (C=O) groups excluding carboxylic acids is 1. The van der Waals surface area contributed by atoms with Crippen LogP contribution in [0.15, 0.2) is 30.3 Å². The molecule has 1 saturated carbocycles. The molecule has 0 spiro atoms. The van der Waals surface area contributed by atoms with Crippen molar-refractivity contribution < 1.29 is 9.90 Å². The summed E-state index contributed by atoms with van der Waals surface area (Å²) in [6, 6.07) is 9.88. The highest BCUT2D eigenvalue weighted by Gasteiger charge is 2.64. The predicted octanol–water partition coefficient (Wildman–Crippen LogP) is 3.05. The first-order valence-electron chi connectivity index (χ1n) is 8.82. The maximum atomic E-state index is 13.2. The van der Waals surface area contributed by atoms with Gasteiger partial charge >= 0.3 is 0 Å². The van der Waals surface area contributed by atoms with Gasteiger partial charge < -0.3 is 10.0 Å². The molecule has 0 bridgehead atoms. The zero-order valence-electron chi connectivity index (χ0n) is 15.5. The molecule has 130 valence electrons. The van der Waals surface area contributed by atoms with E-state index < -0.39 is 19.6 Å². The van der Waals surface area contributed by atoms with Crippen LogP contribution in [0.2, 0.25) is 19.6 Å². The summed E-state index contributed by atoms with van der Waals surface area (Å²) in [6.45, 7) is 11.8. The quantitative estimate of drug-likeness (QED) is 0.659. The smallest absolute Gasteiger partial charge is 0.233 e. The van der Waals surface area contributed by atoms with Crippen LogP contribution in [0.5, 0.6) is 0 Å². The van der Waals surface area contributed by atoms with Crippen molar-refractivity contribution in [1.82, 2.24) is 4.90 Å². The highest BCUT2D eigenvalue weighted by Crippen LogP contribution is 2.57. The standard InChI is InChI=1S/C20H29NO2Si/c1-6-21(7-2)19(23)20(16-11-9-8-10-12-16)15-17(20)18(22)13-14-24(3,4)5/h8-12,17-18,22H,6-7,15H2,1-5H3/t17-,18-,20+/m0/s1. The van der Waals surface area contributed by atoms with E-state index in [0.717, 1.165) is 5.56 Å². The zero-order valence-corrected chi connectivity index (χ0v) is 16.5. The highest BCUT2D eigenvalue weighted by atomic mass is 28.3. The molecule has 0 saturated heterocycles. The normalized spacial score (nSPS) is 23.8. The molecular formula is C20H29NO2Si. The molecule has 3 nitrogen and oxygen atoms in total. The molecule has 1 aliphatic rings. The lowest BCUT2D eigenvalue weighted by molar-refractivity contribution is -0.134. The first-order chi connectivity index (χ1) is 11.3. The molecule has 0 aromatic heterocycles. The fraction of sp³-hybridized carbons (Fsp3) is 0.550. The van der Waals surface area contributed by atoms with Gasteiger partial charge in [0.1, 0.15) is 14.2 Å². The monoisotopic (exact) mass is 343 g/mol. The summed E-state index contributed by atoms with van der Waals surface area (Å²) >= 11 is 0. The first-order valence-corrected chi connectivity index (χ1v) is 12.3. The van der Waals surface area contributed by atoms with Gasteiger partial charge in [-0.2, -0.15) is 0 Å². The molecule has 1 amide bonds. The lowest BCUT2D eigenvalue weighted by Gasteiger charge is -2.27. The second-order valence-corrected chi connectivity index (χ2v) is 12.3. The van der Waals surface area contributed by atoms with Crippen molar-refractivity contribution in [3.63, 3.8) is 0 Å². The Kier molecular flexibility index (Phi) is 5.57. The Labute approximate surface area is 147 Å². The molecule has 1 aromatic rings. The highest BCUT2D eigenvalue weighted by molar-refractivity contribution is 6.83. The van der Waals surface area contributed by atoms with E-state index in [-0.39, 0.29) is 11.8 Å². The van der Waals surface area contributed by atoms with Crippen molar-refractivity contribution in [3.8, 4) is 11.5 Å². The molecule has 1 aliphatic carbocycles. The fourth-order valence-electron chi connectivity index (χ4n) is 3.29. The minimum atomic E-state index is -1.54. The van der Waals surface area contributed by atoms with Crippen molar-refractivity contribution >= 4 is 14.0 Å². The molecule has 2 rings (SSSR count). The number of aliphatic hydroxyl groups excluding tert-OH is 1. The SMILES string of the molecule is CCN(CC)C(=O)[C@@]1(c2ccccc2)C[C@H]1[C@@H](O)C#C[Si](C)(C)C. The van der Waals surface area contributed by atoms with E-state index in [4.69, 9.17) is 0 Å². The van der Waals surface area contributed by atoms with Gasteiger partial charge in [-0.05, 0) is 25.8 Å². The second-order valence-electron chi connectivity index (χ2n) is 7.59. The number of rotatable bonds is 5. The van der Waals surface area contributed by atoms with Gasteiger partial charge in [-0.15, -0.1) is 5.54 Å². The zero-order chi connectivity index (χ0) is 18.0. The van der Waals surface area contributed by atoms with Crippen molar-refractivity contribution in [2.75, 3.05) is 13.1 Å². The minimum absolute atomic E-state index is 0.114. The summed E-state index contributed by atoms with van der Waals surface area (Å²) in [4.78, 5) is 15.0. The van der Waals surface area contributed by atoms with Crippen molar-refractivity contribution in [1.29, 1.82) is 0 Å². The maximum absolute atomic E-state index is 13.2. The fourth-order valence-corrected chi connectivity index (χ4v) is 3.87. The second kappa shape index (κ2) is 7.12. The number of hydrogen-bond acceptors (Lipinski definition) is 2. The molecule has 0 unspecified atom stereocenters. The number of amides is 1. The molecule has 4 heteroatoms. The largest absolute Gasteiger partial charge is 0.380 e. The molecule has 3 atom stereocenters. The van der Waals surface area contributed by atoms with Gasteiger partial charge in [0.2, 0.25) is 5.91 Å². The third-order valence-electron chi connectivity index (χ3n) is 4.71. The number of likely N-dealkylation sites (N-methyl/N-ethyl adjacent to an activating group) is 1. The maximum Gasteiger partial charge on any atom is 0.233 e. The summed E-state index contributed by atoms with van der Waals surface area (Å²) in [5, 5.41) is 10.6. The van der Waals surface area contributed by atoms with Gasteiger partial charge in [0.25, 0.3) is 0 Å². The van der Waals surface area contributed by atoms with Crippen LogP contribution in [0.1, 0.15) is 25.8 Å². The van der Waals surface area contributed by atoms with E-state index in [1.54, 1.807) is 0 Å². The molecular weight excluding hydrogens is 314 g/mol. The Bertz CT molecular complexity index is 637. The van der Waals surface area contributed by atoms with Gasteiger partial charge in [0.05, 0.1) is 5.41 Å². The van der Waals surface area contributed by atoms with Gasteiger partial charge in [-0.1, -0.05) is 55.9 Å². The van der Waals surface area contributed by atoms with Gasteiger partial charge in [-0.25, -0.2) is 0 Å². The van der Waals surface area contributed by atoms with Crippen LogP contribution in [-0.2, 0) is 10.2 Å². The molecule has 1 aromatic carbocycles. The number of hydrogen-bond donors (Lipinski definition) is 1. The van der Waals surface area contributed by atoms with Crippen LogP contribution in [0, 0.1) is 17.4 Å². The van der Waals surface area contributed by atoms with E-state index in [0.29, 0.717) is 19.5 Å². The van der Waals surface area contributed by atoms with Crippen LogP contribution in [0.3, 0.4) is 0 Å². The molecule has 24 heavy (non-hydrogen) atoms. The average Bonchev–Trinajstić information content (AvgIpc) is 3.31. The van der Waals surface area contributed by atoms with Crippen molar-refractivity contribution in [2.45, 2.75) is 51.4 Å². The Morgan fingerprint density at radius 2 is 1.88 bits per heavy atom. The third kappa shape index (κ3) is 3.74. The minimum Gasteiger partial charge on any atom is -0.380 e. The van der Waals surface area contributed by atoms with Crippen LogP contribution in [0.4, 0.5) is 0 Å². The van der Waals surface area contributed by atoms with E-state index in [1.165, 1.54) is 0 Å². The lowest BCUT2D eigenvalue weighted by Crippen LogP contribution is -2.41. The van der Waals surface area contributed by atoms with Gasteiger partial charge in [0, 0.05) is 19.0 Å². The van der Waals surface area contributed by atoms with Gasteiger partial charge in [-0.3, -0.25) is 4.79 Å². The van der Waals surface area contributed by atoms with E-state index in [9.17, 15) is 9.90 Å². The number of carbonyl (C=O) groups is 1. The third-order valence-corrected chi connectivity index (χ3v) is 5.61.